The number of carbonyl (C=O) groups excluding carboxylic acids is 3. The van der Waals surface area contributed by atoms with Crippen LogP contribution in [-0.4, -0.2) is 41.8 Å². The van der Waals surface area contributed by atoms with Crippen molar-refractivity contribution in [2.75, 3.05) is 13.1 Å². The highest BCUT2D eigenvalue weighted by atomic mass is 35.5. The third-order valence-electron chi connectivity index (χ3n) is 4.37. The standard InChI is InChI=1S/C16H20N4O3.ClH/c21-14-4-3-13(16(23)20-14)19-15(22)12-2-1-11(9-18-12)10-5-7-17-8-6-10;/h1-2,9-10,13,17H,3-8H2,(H,19,22)(H,20,21,23);1H. The Morgan fingerprint density at radius 1 is 1.17 bits per heavy atom. The fourth-order valence-corrected chi connectivity index (χ4v) is 3.00. The number of hydrogen-bond acceptors (Lipinski definition) is 5. The van der Waals surface area contributed by atoms with Gasteiger partial charge < -0.3 is 10.6 Å². The third-order valence-corrected chi connectivity index (χ3v) is 4.37. The van der Waals surface area contributed by atoms with Gasteiger partial charge >= 0.3 is 0 Å². The Bertz CT molecular complexity index is 614. The van der Waals surface area contributed by atoms with Crippen molar-refractivity contribution in [3.05, 3.63) is 29.6 Å². The van der Waals surface area contributed by atoms with Gasteiger partial charge in [0.2, 0.25) is 11.8 Å². The van der Waals surface area contributed by atoms with Crippen LogP contribution in [0.25, 0.3) is 0 Å². The first kappa shape index (κ1) is 18.4. The van der Waals surface area contributed by atoms with Crippen LogP contribution in [0.1, 0.15) is 47.7 Å². The lowest BCUT2D eigenvalue weighted by Gasteiger charge is -2.23. The molecular formula is C16H21ClN4O3. The Labute approximate surface area is 146 Å². The molecule has 2 aliphatic rings. The summed E-state index contributed by atoms with van der Waals surface area (Å²) in [6.07, 6.45) is 4.45. The molecule has 130 valence electrons. The van der Waals surface area contributed by atoms with E-state index in [0.29, 0.717) is 12.3 Å². The summed E-state index contributed by atoms with van der Waals surface area (Å²) in [5.41, 5.74) is 1.43. The number of carbonyl (C=O) groups is 3. The molecule has 7 nitrogen and oxygen atoms in total. The summed E-state index contributed by atoms with van der Waals surface area (Å²) in [7, 11) is 0. The van der Waals surface area contributed by atoms with Crippen molar-refractivity contribution in [2.45, 2.75) is 37.6 Å². The van der Waals surface area contributed by atoms with Gasteiger partial charge in [-0.3, -0.25) is 24.7 Å². The molecule has 24 heavy (non-hydrogen) atoms. The summed E-state index contributed by atoms with van der Waals surface area (Å²) < 4.78 is 0. The molecule has 3 N–H and O–H groups in total. The van der Waals surface area contributed by atoms with Crippen LogP contribution in [0.2, 0.25) is 0 Å². The molecule has 8 heteroatoms. The highest BCUT2D eigenvalue weighted by Gasteiger charge is 2.28. The summed E-state index contributed by atoms with van der Waals surface area (Å²) in [4.78, 5) is 39.2. The predicted molar refractivity (Wildman–Crippen MR) is 90.0 cm³/mol. The van der Waals surface area contributed by atoms with Crippen molar-refractivity contribution in [1.82, 2.24) is 20.9 Å². The predicted octanol–water partition coefficient (Wildman–Crippen LogP) is 0.505. The highest BCUT2D eigenvalue weighted by molar-refractivity contribution is 6.03. The Kier molecular flexibility index (Phi) is 6.28. The number of nitrogens with one attached hydrogen (secondary N) is 3. The topological polar surface area (TPSA) is 100 Å². The second kappa shape index (κ2) is 8.21. The molecular weight excluding hydrogens is 332 g/mol. The maximum atomic E-state index is 12.2. The average molecular weight is 353 g/mol. The van der Waals surface area contributed by atoms with Gasteiger partial charge in [-0.05, 0) is 49.9 Å². The highest BCUT2D eigenvalue weighted by Crippen LogP contribution is 2.24. The molecule has 1 unspecified atom stereocenters. The van der Waals surface area contributed by atoms with Gasteiger partial charge in [0.05, 0.1) is 0 Å². The van der Waals surface area contributed by atoms with E-state index in [9.17, 15) is 14.4 Å². The number of halogens is 1. The van der Waals surface area contributed by atoms with Gasteiger partial charge in [-0.2, -0.15) is 0 Å². The molecule has 2 aliphatic heterocycles. The van der Waals surface area contributed by atoms with E-state index in [1.54, 1.807) is 12.3 Å². The molecule has 3 amide bonds. The van der Waals surface area contributed by atoms with E-state index in [1.807, 2.05) is 6.07 Å². The summed E-state index contributed by atoms with van der Waals surface area (Å²) in [6, 6.07) is 2.95. The molecule has 1 atom stereocenters. The number of amides is 3. The second-order valence-electron chi connectivity index (χ2n) is 5.98. The monoisotopic (exact) mass is 352 g/mol. The maximum Gasteiger partial charge on any atom is 0.270 e. The largest absolute Gasteiger partial charge is 0.339 e. The molecule has 0 bridgehead atoms. The minimum atomic E-state index is -0.675. The minimum Gasteiger partial charge on any atom is -0.339 e. The van der Waals surface area contributed by atoms with Crippen LogP contribution in [0.3, 0.4) is 0 Å². The molecule has 0 radical (unpaired) electrons. The van der Waals surface area contributed by atoms with Gasteiger partial charge in [0.1, 0.15) is 11.7 Å². The smallest absolute Gasteiger partial charge is 0.270 e. The zero-order chi connectivity index (χ0) is 16.2. The van der Waals surface area contributed by atoms with Crippen LogP contribution in [0, 0.1) is 0 Å². The third kappa shape index (κ3) is 4.30. The van der Waals surface area contributed by atoms with E-state index in [1.165, 1.54) is 0 Å². The van der Waals surface area contributed by atoms with Crippen molar-refractivity contribution in [3.8, 4) is 0 Å². The zero-order valence-corrected chi connectivity index (χ0v) is 14.0. The zero-order valence-electron chi connectivity index (χ0n) is 13.2. The SMILES string of the molecule is Cl.O=C1CCC(NC(=O)c2ccc(C3CCNCC3)cn2)C(=O)N1. The van der Waals surface area contributed by atoms with Crippen LogP contribution < -0.4 is 16.0 Å². The molecule has 0 aliphatic carbocycles. The van der Waals surface area contributed by atoms with E-state index >= 15 is 0 Å². The molecule has 1 aromatic rings. The van der Waals surface area contributed by atoms with Gasteiger partial charge in [-0.25, -0.2) is 0 Å². The van der Waals surface area contributed by atoms with Crippen molar-refractivity contribution >= 4 is 30.1 Å². The Balaban J connectivity index is 0.00000208. The van der Waals surface area contributed by atoms with Gasteiger partial charge in [-0.1, -0.05) is 6.07 Å². The number of nitrogens with zero attached hydrogens (tertiary/aromatic N) is 1. The number of hydrogen-bond donors (Lipinski definition) is 3. The lowest BCUT2D eigenvalue weighted by molar-refractivity contribution is -0.134. The molecule has 2 fully saturated rings. The second-order valence-corrected chi connectivity index (χ2v) is 5.98. The van der Waals surface area contributed by atoms with Gasteiger partial charge in [0.15, 0.2) is 0 Å². The fourth-order valence-electron chi connectivity index (χ4n) is 3.00. The van der Waals surface area contributed by atoms with Crippen LogP contribution in [-0.2, 0) is 9.59 Å². The number of rotatable bonds is 3. The van der Waals surface area contributed by atoms with Crippen molar-refractivity contribution < 1.29 is 14.4 Å². The maximum absolute atomic E-state index is 12.2. The molecule has 3 heterocycles. The van der Waals surface area contributed by atoms with Crippen LogP contribution in [0.4, 0.5) is 0 Å². The molecule has 1 aromatic heterocycles. The molecule has 0 aromatic carbocycles. The summed E-state index contributed by atoms with van der Waals surface area (Å²) in [5, 5.41) is 8.17. The number of pyridine rings is 1. The summed E-state index contributed by atoms with van der Waals surface area (Å²) in [5.74, 6) is -0.668. The van der Waals surface area contributed by atoms with Crippen molar-refractivity contribution in [1.29, 1.82) is 0 Å². The molecule has 0 spiro atoms. The van der Waals surface area contributed by atoms with E-state index in [2.05, 4.69) is 20.9 Å². The van der Waals surface area contributed by atoms with Crippen molar-refractivity contribution in [2.24, 2.45) is 0 Å². The van der Waals surface area contributed by atoms with Gasteiger partial charge in [-0.15, -0.1) is 12.4 Å². The first-order valence-electron chi connectivity index (χ1n) is 7.94. The lowest BCUT2D eigenvalue weighted by Crippen LogP contribution is -2.52. The summed E-state index contributed by atoms with van der Waals surface area (Å²) >= 11 is 0. The number of piperidine rings is 2. The Morgan fingerprint density at radius 2 is 1.92 bits per heavy atom. The van der Waals surface area contributed by atoms with Crippen LogP contribution in [0.5, 0.6) is 0 Å². The van der Waals surface area contributed by atoms with Gasteiger partial charge in [0.25, 0.3) is 5.91 Å². The van der Waals surface area contributed by atoms with Gasteiger partial charge in [0, 0.05) is 12.6 Å². The van der Waals surface area contributed by atoms with E-state index < -0.39 is 17.9 Å². The van der Waals surface area contributed by atoms with E-state index in [0.717, 1.165) is 31.5 Å². The van der Waals surface area contributed by atoms with E-state index in [-0.39, 0.29) is 30.4 Å². The lowest BCUT2D eigenvalue weighted by atomic mass is 9.91. The van der Waals surface area contributed by atoms with Crippen LogP contribution in [0.15, 0.2) is 18.3 Å². The normalized spacial score (nSPS) is 21.6. The average Bonchev–Trinajstić information content (AvgIpc) is 2.58. The number of imide groups is 1. The number of aromatic nitrogens is 1. The van der Waals surface area contributed by atoms with Crippen molar-refractivity contribution in [3.63, 3.8) is 0 Å². The quantitative estimate of drug-likeness (QED) is 0.688. The Morgan fingerprint density at radius 3 is 2.54 bits per heavy atom. The first-order chi connectivity index (χ1) is 11.1. The van der Waals surface area contributed by atoms with Crippen LogP contribution >= 0.6 is 12.4 Å². The minimum absolute atomic E-state index is 0. The Hall–Kier alpha value is -1.99. The molecule has 2 saturated heterocycles. The van der Waals surface area contributed by atoms with E-state index in [4.69, 9.17) is 0 Å². The molecule has 0 saturated carbocycles. The first-order valence-corrected chi connectivity index (χ1v) is 7.94. The fraction of sp³-hybridized carbons (Fsp3) is 0.500. The summed E-state index contributed by atoms with van der Waals surface area (Å²) in [6.45, 7) is 2.00. The molecule has 3 rings (SSSR count).